The van der Waals surface area contributed by atoms with Crippen molar-refractivity contribution in [1.29, 1.82) is 0 Å². The first-order valence-corrected chi connectivity index (χ1v) is 13.2. The van der Waals surface area contributed by atoms with Crippen molar-refractivity contribution >= 4 is 23.6 Å². The third-order valence-electron chi connectivity index (χ3n) is 8.99. The van der Waals surface area contributed by atoms with E-state index in [-0.39, 0.29) is 28.8 Å². The summed E-state index contributed by atoms with van der Waals surface area (Å²) in [6.07, 6.45) is 9.19. The Morgan fingerprint density at radius 3 is 2.62 bits per heavy atom. The number of carbonyl (C=O) groups excluding carboxylic acids is 1. The van der Waals surface area contributed by atoms with E-state index in [1.807, 2.05) is 4.90 Å². The quantitative estimate of drug-likeness (QED) is 0.501. The molecule has 0 saturated heterocycles. The lowest BCUT2D eigenvalue weighted by molar-refractivity contribution is -0.142. The fraction of sp³-hybridized carbons (Fsp3) is 0.643. The molecule has 34 heavy (non-hydrogen) atoms. The van der Waals surface area contributed by atoms with Crippen molar-refractivity contribution < 1.29 is 14.7 Å². The second kappa shape index (κ2) is 8.01. The number of hydrogen-bond donors (Lipinski definition) is 2. The molecule has 2 N–H and O–H groups in total. The van der Waals surface area contributed by atoms with Crippen LogP contribution in [0.15, 0.2) is 30.0 Å². The van der Waals surface area contributed by atoms with E-state index in [2.05, 4.69) is 57.4 Å². The molecule has 3 atom stereocenters. The smallest absolute Gasteiger partial charge is 0.322 e. The summed E-state index contributed by atoms with van der Waals surface area (Å²) in [6, 6.07) is 6.25. The van der Waals surface area contributed by atoms with Crippen molar-refractivity contribution in [3.05, 3.63) is 46.1 Å². The summed E-state index contributed by atoms with van der Waals surface area (Å²) in [6.45, 7) is 8.96. The van der Waals surface area contributed by atoms with Crippen LogP contribution in [-0.2, 0) is 16.8 Å². The van der Waals surface area contributed by atoms with Crippen LogP contribution >= 0.6 is 11.6 Å². The Balaban J connectivity index is 1.48. The number of carbonyl (C=O) groups is 2. The van der Waals surface area contributed by atoms with Crippen molar-refractivity contribution in [2.45, 2.75) is 90.1 Å². The summed E-state index contributed by atoms with van der Waals surface area (Å²) in [7, 11) is 0. The van der Waals surface area contributed by atoms with Gasteiger partial charge in [0, 0.05) is 11.2 Å². The van der Waals surface area contributed by atoms with E-state index in [4.69, 9.17) is 11.6 Å². The zero-order valence-corrected chi connectivity index (χ0v) is 21.5. The molecule has 5 aliphatic rings. The zero-order chi connectivity index (χ0) is 24.5. The van der Waals surface area contributed by atoms with Crippen molar-refractivity contribution in [2.75, 3.05) is 0 Å². The molecule has 6 heteroatoms. The first-order chi connectivity index (χ1) is 15.9. The number of aryl methyl sites for hydroxylation is 1. The molecular weight excluding hydrogens is 448 g/mol. The van der Waals surface area contributed by atoms with Gasteiger partial charge in [-0.15, -0.1) is 0 Å². The van der Waals surface area contributed by atoms with Crippen molar-refractivity contribution in [2.24, 2.45) is 23.2 Å². The minimum Gasteiger partial charge on any atom is -0.481 e. The number of hydrogen-bond acceptors (Lipinski definition) is 2. The number of halogens is 1. The number of aliphatic carboxylic acids is 1. The molecule has 4 aliphatic carbocycles. The number of nitrogens with zero attached hydrogens (tertiary/aromatic N) is 1. The molecule has 1 aromatic rings. The molecule has 1 aromatic carbocycles. The van der Waals surface area contributed by atoms with Gasteiger partial charge in [0.15, 0.2) is 0 Å². The predicted molar refractivity (Wildman–Crippen MR) is 134 cm³/mol. The van der Waals surface area contributed by atoms with E-state index in [9.17, 15) is 14.7 Å². The second-order valence-electron chi connectivity index (χ2n) is 12.5. The largest absolute Gasteiger partial charge is 0.481 e. The van der Waals surface area contributed by atoms with Gasteiger partial charge in [0.05, 0.1) is 17.0 Å². The SMILES string of the molecule is CC1CCC[C@]2(c3ccc(CCC(C)(C)C)c(Cl)c3)NC(=O)N(C34CC(C3)C(C(=O)O)C4)C=C12. The standard InChI is InChI=1S/C28H37ClN2O3/c1-17-6-5-10-28(20-8-7-18(23(29)12-20)9-11-26(2,3)4)22(17)16-31(25(34)30-28)27-13-19(14-27)21(15-27)24(32)33/h7-8,12,16-17,19,21H,5-6,9-11,13-15H2,1-4H3,(H,30,34)(H,32,33)/t17?,19?,21?,27?,28-/m1/s1. The molecule has 1 heterocycles. The van der Waals surface area contributed by atoms with Crippen LogP contribution in [0.25, 0.3) is 0 Å². The van der Waals surface area contributed by atoms with Gasteiger partial charge in [0.2, 0.25) is 0 Å². The number of amides is 2. The Labute approximate surface area is 207 Å². The van der Waals surface area contributed by atoms with Gasteiger partial charge < -0.3 is 10.4 Å². The van der Waals surface area contributed by atoms with Gasteiger partial charge in [-0.1, -0.05) is 51.4 Å². The van der Waals surface area contributed by atoms with Crippen LogP contribution in [0.5, 0.6) is 0 Å². The number of benzene rings is 1. The molecule has 2 bridgehead atoms. The van der Waals surface area contributed by atoms with Crippen LogP contribution in [0.1, 0.15) is 83.8 Å². The van der Waals surface area contributed by atoms with Gasteiger partial charge in [-0.2, -0.15) is 0 Å². The fourth-order valence-electron chi connectivity index (χ4n) is 6.99. The van der Waals surface area contributed by atoms with Crippen molar-refractivity contribution in [1.82, 2.24) is 10.2 Å². The van der Waals surface area contributed by atoms with Crippen LogP contribution in [0.4, 0.5) is 4.79 Å². The van der Waals surface area contributed by atoms with E-state index in [0.29, 0.717) is 12.3 Å². The summed E-state index contributed by atoms with van der Waals surface area (Å²) in [5.41, 5.74) is 2.80. The Hall–Kier alpha value is -2.01. The highest BCUT2D eigenvalue weighted by molar-refractivity contribution is 6.31. The van der Waals surface area contributed by atoms with Gasteiger partial charge in [0.25, 0.3) is 0 Å². The van der Waals surface area contributed by atoms with E-state index in [0.717, 1.165) is 61.1 Å². The molecule has 6 rings (SSSR count). The van der Waals surface area contributed by atoms with Gasteiger partial charge in [0.1, 0.15) is 0 Å². The van der Waals surface area contributed by atoms with E-state index >= 15 is 0 Å². The number of carboxylic acids is 1. The van der Waals surface area contributed by atoms with Crippen LogP contribution in [0, 0.1) is 23.2 Å². The molecule has 5 nitrogen and oxygen atoms in total. The van der Waals surface area contributed by atoms with E-state index < -0.39 is 11.5 Å². The molecule has 4 fully saturated rings. The predicted octanol–water partition coefficient (Wildman–Crippen LogP) is 6.50. The lowest BCUT2D eigenvalue weighted by Gasteiger charge is -2.53. The van der Waals surface area contributed by atoms with Crippen molar-refractivity contribution in [3.63, 3.8) is 0 Å². The van der Waals surface area contributed by atoms with Gasteiger partial charge >= 0.3 is 12.0 Å². The van der Waals surface area contributed by atoms with Crippen LogP contribution in [0.2, 0.25) is 5.02 Å². The maximum atomic E-state index is 13.6. The summed E-state index contributed by atoms with van der Waals surface area (Å²) in [5, 5.41) is 13.8. The minimum atomic E-state index is -0.726. The Morgan fingerprint density at radius 1 is 1.26 bits per heavy atom. The maximum absolute atomic E-state index is 13.6. The maximum Gasteiger partial charge on any atom is 0.322 e. The third kappa shape index (κ3) is 3.75. The number of fused-ring (bicyclic) bond motifs is 2. The zero-order valence-electron chi connectivity index (χ0n) is 20.8. The van der Waals surface area contributed by atoms with E-state index in [1.165, 1.54) is 5.57 Å². The molecule has 2 unspecified atom stereocenters. The second-order valence-corrected chi connectivity index (χ2v) is 12.9. The van der Waals surface area contributed by atoms with Gasteiger partial charge in [-0.05, 0) is 91.4 Å². The molecule has 0 aromatic heterocycles. The fourth-order valence-corrected chi connectivity index (χ4v) is 7.27. The average molecular weight is 485 g/mol. The highest BCUT2D eigenvalue weighted by atomic mass is 35.5. The Kier molecular flexibility index (Phi) is 5.59. The lowest BCUT2D eigenvalue weighted by atomic mass is 9.67. The first-order valence-electron chi connectivity index (χ1n) is 12.8. The van der Waals surface area contributed by atoms with Gasteiger partial charge in [-0.25, -0.2) is 4.79 Å². The normalized spacial score (nSPS) is 34.7. The molecule has 0 spiro atoms. The number of carboxylic acid groups (broad SMARTS) is 1. The Bertz CT molecular complexity index is 1050. The van der Waals surface area contributed by atoms with Crippen molar-refractivity contribution in [3.8, 4) is 0 Å². The van der Waals surface area contributed by atoms with Crippen LogP contribution in [0.3, 0.4) is 0 Å². The number of rotatable bonds is 5. The summed E-state index contributed by atoms with van der Waals surface area (Å²) in [4.78, 5) is 27.1. The van der Waals surface area contributed by atoms with Crippen LogP contribution in [-0.4, -0.2) is 27.5 Å². The monoisotopic (exact) mass is 484 g/mol. The molecule has 0 radical (unpaired) electrons. The molecular formula is C28H37ClN2O3. The summed E-state index contributed by atoms with van der Waals surface area (Å²) in [5.74, 6) is -0.532. The summed E-state index contributed by atoms with van der Waals surface area (Å²) < 4.78 is 0. The number of urea groups is 1. The molecule has 2 amide bonds. The lowest BCUT2D eigenvalue weighted by Crippen LogP contribution is -2.63. The molecule has 184 valence electrons. The molecule has 1 aliphatic heterocycles. The van der Waals surface area contributed by atoms with E-state index in [1.54, 1.807) is 0 Å². The summed E-state index contributed by atoms with van der Waals surface area (Å²) >= 11 is 6.79. The highest BCUT2D eigenvalue weighted by Gasteiger charge is 2.63. The average Bonchev–Trinajstić information content (AvgIpc) is 3.29. The highest BCUT2D eigenvalue weighted by Crippen LogP contribution is 2.60. The topological polar surface area (TPSA) is 69.6 Å². The molecule has 4 saturated carbocycles. The van der Waals surface area contributed by atoms with Crippen LogP contribution < -0.4 is 5.32 Å². The van der Waals surface area contributed by atoms with Gasteiger partial charge in [-0.3, -0.25) is 9.69 Å². The minimum absolute atomic E-state index is 0.102. The third-order valence-corrected chi connectivity index (χ3v) is 9.34. The number of nitrogens with one attached hydrogen (secondary N) is 1. The Morgan fingerprint density at radius 2 is 2.00 bits per heavy atom. The first kappa shape index (κ1) is 23.7.